The first-order chi connectivity index (χ1) is 10.5. The summed E-state index contributed by atoms with van der Waals surface area (Å²) in [5.41, 5.74) is 3.68. The first-order valence-corrected chi connectivity index (χ1v) is 7.36. The molecule has 0 aliphatic heterocycles. The average Bonchev–Trinajstić information content (AvgIpc) is 2.79. The molecule has 0 aromatic carbocycles. The van der Waals surface area contributed by atoms with Crippen LogP contribution >= 0.6 is 0 Å². The highest BCUT2D eigenvalue weighted by Crippen LogP contribution is 2.15. The summed E-state index contributed by atoms with van der Waals surface area (Å²) in [6, 6.07) is 1.95. The molecule has 22 heavy (non-hydrogen) atoms. The van der Waals surface area contributed by atoms with Crippen molar-refractivity contribution in [3.05, 3.63) is 28.7 Å². The number of ether oxygens (including phenoxy) is 1. The minimum absolute atomic E-state index is 0.140. The molecule has 7 nitrogen and oxygen atoms in total. The van der Waals surface area contributed by atoms with Crippen molar-refractivity contribution < 1.29 is 9.53 Å². The van der Waals surface area contributed by atoms with E-state index in [4.69, 9.17) is 4.74 Å². The molecule has 120 valence electrons. The van der Waals surface area contributed by atoms with Crippen LogP contribution in [-0.4, -0.2) is 53.9 Å². The molecule has 1 amide bonds. The summed E-state index contributed by atoms with van der Waals surface area (Å²) >= 11 is 0. The molecule has 2 aromatic rings. The summed E-state index contributed by atoms with van der Waals surface area (Å²) < 4.78 is 6.66. The van der Waals surface area contributed by atoms with Crippen molar-refractivity contribution >= 4 is 11.6 Å². The summed E-state index contributed by atoms with van der Waals surface area (Å²) in [6.07, 6.45) is 0. The molecule has 0 aliphatic rings. The van der Waals surface area contributed by atoms with Crippen LogP contribution in [0.1, 0.15) is 27.4 Å². The summed E-state index contributed by atoms with van der Waals surface area (Å²) in [6.45, 7) is 8.36. The lowest BCUT2D eigenvalue weighted by molar-refractivity contribution is 0.0954. The lowest BCUT2D eigenvalue weighted by atomic mass is 10.2. The smallest absolute Gasteiger partial charge is 0.257 e. The topological polar surface area (TPSA) is 80.5 Å². The number of carbonyl (C=O) groups excluding carboxylic acids is 1. The standard InChI is InChI=1S/C15H23N5O2/c1-10-9-11(2)20-14(18-10)13(12(3)19-20)15(21)17-6-5-16-7-8-22-4/h9,16H,5-8H2,1-4H3,(H,17,21). The number of fused-ring (bicyclic) bond motifs is 1. The highest BCUT2D eigenvalue weighted by molar-refractivity contribution is 6.01. The monoisotopic (exact) mass is 305 g/mol. The van der Waals surface area contributed by atoms with Crippen LogP contribution in [0.15, 0.2) is 6.07 Å². The Morgan fingerprint density at radius 2 is 2.05 bits per heavy atom. The van der Waals surface area contributed by atoms with Gasteiger partial charge in [0.2, 0.25) is 0 Å². The van der Waals surface area contributed by atoms with Gasteiger partial charge in [0.15, 0.2) is 5.65 Å². The first-order valence-electron chi connectivity index (χ1n) is 7.36. The van der Waals surface area contributed by atoms with Gasteiger partial charge in [0.25, 0.3) is 5.91 Å². The summed E-state index contributed by atoms with van der Waals surface area (Å²) in [5, 5.41) is 10.5. The number of amides is 1. The molecule has 0 aliphatic carbocycles. The number of aryl methyl sites for hydroxylation is 3. The van der Waals surface area contributed by atoms with E-state index in [-0.39, 0.29) is 5.91 Å². The van der Waals surface area contributed by atoms with Gasteiger partial charge in [-0.15, -0.1) is 0 Å². The van der Waals surface area contributed by atoms with Gasteiger partial charge < -0.3 is 15.4 Å². The minimum atomic E-state index is -0.140. The average molecular weight is 305 g/mol. The third-order valence-electron chi connectivity index (χ3n) is 3.37. The lowest BCUT2D eigenvalue weighted by Crippen LogP contribution is -2.33. The summed E-state index contributed by atoms with van der Waals surface area (Å²) in [4.78, 5) is 16.8. The van der Waals surface area contributed by atoms with Gasteiger partial charge >= 0.3 is 0 Å². The van der Waals surface area contributed by atoms with Crippen molar-refractivity contribution in [2.24, 2.45) is 0 Å². The molecule has 0 saturated carbocycles. The van der Waals surface area contributed by atoms with Crippen LogP contribution in [0.3, 0.4) is 0 Å². The number of carbonyl (C=O) groups is 1. The fraction of sp³-hybridized carbons (Fsp3) is 0.533. The van der Waals surface area contributed by atoms with E-state index in [1.54, 1.807) is 11.6 Å². The van der Waals surface area contributed by atoms with E-state index in [1.165, 1.54) is 0 Å². The molecule has 7 heteroatoms. The lowest BCUT2D eigenvalue weighted by Gasteiger charge is -2.06. The van der Waals surface area contributed by atoms with Gasteiger partial charge in [-0.05, 0) is 26.8 Å². The van der Waals surface area contributed by atoms with Crippen molar-refractivity contribution in [3.8, 4) is 0 Å². The van der Waals surface area contributed by atoms with E-state index in [1.807, 2.05) is 26.8 Å². The van der Waals surface area contributed by atoms with Gasteiger partial charge in [-0.1, -0.05) is 0 Å². The molecule has 0 bridgehead atoms. The normalized spacial score (nSPS) is 11.1. The quantitative estimate of drug-likeness (QED) is 0.733. The fourth-order valence-electron chi connectivity index (χ4n) is 2.34. The first kappa shape index (κ1) is 16.4. The number of nitrogens with zero attached hydrogens (tertiary/aromatic N) is 3. The summed E-state index contributed by atoms with van der Waals surface area (Å²) in [7, 11) is 1.66. The van der Waals surface area contributed by atoms with E-state index in [9.17, 15) is 4.79 Å². The van der Waals surface area contributed by atoms with E-state index in [0.717, 1.165) is 17.9 Å². The molecule has 2 aromatic heterocycles. The van der Waals surface area contributed by atoms with Gasteiger partial charge in [0.05, 0.1) is 12.3 Å². The number of rotatable bonds is 7. The molecule has 0 saturated heterocycles. The van der Waals surface area contributed by atoms with Crippen molar-refractivity contribution in [3.63, 3.8) is 0 Å². The fourth-order valence-corrected chi connectivity index (χ4v) is 2.34. The molecule has 0 radical (unpaired) electrons. The van der Waals surface area contributed by atoms with Crippen molar-refractivity contribution in [1.29, 1.82) is 0 Å². The predicted molar refractivity (Wildman–Crippen MR) is 84.3 cm³/mol. The Morgan fingerprint density at radius 1 is 1.27 bits per heavy atom. The van der Waals surface area contributed by atoms with Crippen LogP contribution in [0.2, 0.25) is 0 Å². The Labute approximate surface area is 130 Å². The van der Waals surface area contributed by atoms with Crippen LogP contribution in [0.5, 0.6) is 0 Å². The van der Waals surface area contributed by atoms with Crippen LogP contribution < -0.4 is 10.6 Å². The van der Waals surface area contributed by atoms with E-state index in [2.05, 4.69) is 20.7 Å². The molecule has 0 atom stereocenters. The molecular formula is C15H23N5O2. The zero-order valence-electron chi connectivity index (χ0n) is 13.6. The molecule has 0 unspecified atom stereocenters. The maximum absolute atomic E-state index is 12.4. The van der Waals surface area contributed by atoms with Gasteiger partial charge in [-0.3, -0.25) is 4.79 Å². The second kappa shape index (κ2) is 7.33. The zero-order valence-corrected chi connectivity index (χ0v) is 13.6. The number of hydrogen-bond acceptors (Lipinski definition) is 5. The Balaban J connectivity index is 2.07. The third kappa shape index (κ3) is 3.61. The van der Waals surface area contributed by atoms with Gasteiger partial charge in [-0.2, -0.15) is 5.10 Å². The minimum Gasteiger partial charge on any atom is -0.383 e. The maximum Gasteiger partial charge on any atom is 0.257 e. The number of nitrogens with one attached hydrogen (secondary N) is 2. The Hall–Kier alpha value is -1.99. The number of hydrogen-bond donors (Lipinski definition) is 2. The number of methoxy groups -OCH3 is 1. The van der Waals surface area contributed by atoms with E-state index in [0.29, 0.717) is 36.6 Å². The van der Waals surface area contributed by atoms with Crippen LogP contribution in [0, 0.1) is 20.8 Å². The highest BCUT2D eigenvalue weighted by atomic mass is 16.5. The number of aromatic nitrogens is 3. The van der Waals surface area contributed by atoms with E-state index >= 15 is 0 Å². The van der Waals surface area contributed by atoms with Crippen LogP contribution in [0.4, 0.5) is 0 Å². The molecule has 2 rings (SSSR count). The second-order valence-electron chi connectivity index (χ2n) is 5.23. The van der Waals surface area contributed by atoms with Gasteiger partial charge in [0, 0.05) is 38.1 Å². The molecule has 0 spiro atoms. The Kier molecular flexibility index (Phi) is 5.46. The predicted octanol–water partition coefficient (Wildman–Crippen LogP) is 0.620. The van der Waals surface area contributed by atoms with Crippen LogP contribution in [-0.2, 0) is 4.74 Å². The van der Waals surface area contributed by atoms with E-state index < -0.39 is 0 Å². The maximum atomic E-state index is 12.4. The Morgan fingerprint density at radius 3 is 2.77 bits per heavy atom. The van der Waals surface area contributed by atoms with Gasteiger partial charge in [0.1, 0.15) is 5.56 Å². The molecular weight excluding hydrogens is 282 g/mol. The second-order valence-corrected chi connectivity index (χ2v) is 5.23. The third-order valence-corrected chi connectivity index (χ3v) is 3.37. The Bertz CT molecular complexity index is 665. The van der Waals surface area contributed by atoms with Crippen molar-refractivity contribution in [2.45, 2.75) is 20.8 Å². The molecule has 2 heterocycles. The van der Waals surface area contributed by atoms with Crippen molar-refractivity contribution in [1.82, 2.24) is 25.2 Å². The largest absolute Gasteiger partial charge is 0.383 e. The van der Waals surface area contributed by atoms with Crippen molar-refractivity contribution in [2.75, 3.05) is 33.4 Å². The van der Waals surface area contributed by atoms with Crippen LogP contribution in [0.25, 0.3) is 5.65 Å². The molecule has 0 fully saturated rings. The summed E-state index contributed by atoms with van der Waals surface area (Å²) in [5.74, 6) is -0.140. The van der Waals surface area contributed by atoms with Gasteiger partial charge in [-0.25, -0.2) is 9.50 Å². The molecule has 2 N–H and O–H groups in total. The SMILES string of the molecule is COCCNCCNC(=O)c1c(C)nn2c(C)cc(C)nc12. The highest BCUT2D eigenvalue weighted by Gasteiger charge is 2.19. The zero-order chi connectivity index (χ0) is 16.1.